The Kier molecular flexibility index (Phi) is 3.23. The SMILES string of the molecule is NC(=O)N/N=C1\CC[C@H]2CCCCC[C@@H]12. The van der Waals surface area contributed by atoms with E-state index >= 15 is 0 Å². The van der Waals surface area contributed by atoms with E-state index in [2.05, 4.69) is 10.5 Å². The third-order valence-electron chi connectivity index (χ3n) is 3.67. The summed E-state index contributed by atoms with van der Waals surface area (Å²) in [6, 6.07) is -0.556. The fraction of sp³-hybridized carbons (Fsp3) is 0.818. The smallest absolute Gasteiger partial charge is 0.332 e. The molecule has 2 amide bonds. The molecule has 2 aliphatic rings. The molecule has 0 bridgehead atoms. The molecule has 0 heterocycles. The molecule has 0 aromatic carbocycles. The molecule has 0 aliphatic heterocycles. The van der Waals surface area contributed by atoms with Crippen molar-refractivity contribution in [1.29, 1.82) is 0 Å². The van der Waals surface area contributed by atoms with Crippen LogP contribution in [0, 0.1) is 11.8 Å². The van der Waals surface area contributed by atoms with Crippen LogP contribution < -0.4 is 11.2 Å². The van der Waals surface area contributed by atoms with Crippen molar-refractivity contribution < 1.29 is 4.79 Å². The average Bonchev–Trinajstić information content (AvgIpc) is 2.44. The quantitative estimate of drug-likeness (QED) is 0.637. The van der Waals surface area contributed by atoms with Crippen molar-refractivity contribution >= 4 is 11.7 Å². The highest BCUT2D eigenvalue weighted by atomic mass is 16.2. The standard InChI is InChI=1S/C11H19N3O/c12-11(15)14-13-10-7-6-8-4-2-1-3-5-9(8)10/h8-9H,1-7H2,(H3,12,14,15)/b13-10+/t8-,9-/m1/s1. The molecule has 0 aromatic heterocycles. The lowest BCUT2D eigenvalue weighted by Gasteiger charge is -2.15. The number of hydrogen-bond donors (Lipinski definition) is 2. The van der Waals surface area contributed by atoms with Crippen LogP contribution in [-0.4, -0.2) is 11.7 Å². The number of carbonyl (C=O) groups excluding carboxylic acids is 1. The number of nitrogens with one attached hydrogen (secondary N) is 1. The summed E-state index contributed by atoms with van der Waals surface area (Å²) in [5.74, 6) is 1.42. The summed E-state index contributed by atoms with van der Waals surface area (Å²) in [5.41, 5.74) is 8.55. The molecule has 4 heteroatoms. The second kappa shape index (κ2) is 4.64. The monoisotopic (exact) mass is 209 g/mol. The number of urea groups is 1. The minimum Gasteiger partial charge on any atom is -0.350 e. The Balaban J connectivity index is 2.01. The van der Waals surface area contributed by atoms with Crippen molar-refractivity contribution in [2.24, 2.45) is 22.7 Å². The Bertz CT molecular complexity index is 275. The molecule has 2 fully saturated rings. The van der Waals surface area contributed by atoms with E-state index < -0.39 is 6.03 Å². The Hall–Kier alpha value is -1.06. The summed E-state index contributed by atoms with van der Waals surface area (Å²) in [7, 11) is 0. The summed E-state index contributed by atoms with van der Waals surface area (Å²) >= 11 is 0. The fourth-order valence-electron chi connectivity index (χ4n) is 2.95. The van der Waals surface area contributed by atoms with Gasteiger partial charge in [-0.1, -0.05) is 19.3 Å². The van der Waals surface area contributed by atoms with Crippen molar-refractivity contribution in [1.82, 2.24) is 5.43 Å². The minimum atomic E-state index is -0.556. The molecule has 0 unspecified atom stereocenters. The van der Waals surface area contributed by atoms with Crippen molar-refractivity contribution in [3.63, 3.8) is 0 Å². The fourth-order valence-corrected chi connectivity index (χ4v) is 2.95. The molecular weight excluding hydrogens is 190 g/mol. The molecule has 0 radical (unpaired) electrons. The van der Waals surface area contributed by atoms with E-state index in [0.717, 1.165) is 12.3 Å². The van der Waals surface area contributed by atoms with Gasteiger partial charge in [-0.2, -0.15) is 5.10 Å². The highest BCUT2D eigenvalue weighted by molar-refractivity contribution is 5.89. The van der Waals surface area contributed by atoms with Crippen LogP contribution >= 0.6 is 0 Å². The van der Waals surface area contributed by atoms with Gasteiger partial charge in [-0.05, 0) is 31.6 Å². The Labute approximate surface area is 90.3 Å². The maximum Gasteiger partial charge on any atom is 0.332 e. The molecule has 84 valence electrons. The first-order chi connectivity index (χ1) is 7.27. The zero-order chi connectivity index (χ0) is 10.7. The summed E-state index contributed by atoms with van der Waals surface area (Å²) in [5, 5.41) is 4.14. The Morgan fingerprint density at radius 2 is 2.07 bits per heavy atom. The molecule has 2 rings (SSSR count). The predicted octanol–water partition coefficient (Wildman–Crippen LogP) is 2.00. The number of amides is 2. The second-order valence-electron chi connectivity index (χ2n) is 4.62. The summed E-state index contributed by atoms with van der Waals surface area (Å²) in [6.07, 6.45) is 8.86. The first-order valence-electron chi connectivity index (χ1n) is 5.89. The molecule has 3 N–H and O–H groups in total. The highest BCUT2D eigenvalue weighted by Gasteiger charge is 2.33. The molecule has 2 atom stereocenters. The van der Waals surface area contributed by atoms with Crippen LogP contribution in [0.25, 0.3) is 0 Å². The topological polar surface area (TPSA) is 67.5 Å². The number of nitrogens with two attached hydrogens (primary N) is 1. The zero-order valence-electron chi connectivity index (χ0n) is 9.04. The molecule has 0 aromatic rings. The van der Waals surface area contributed by atoms with Gasteiger partial charge < -0.3 is 5.73 Å². The number of rotatable bonds is 1. The van der Waals surface area contributed by atoms with E-state index in [4.69, 9.17) is 5.73 Å². The molecule has 2 aliphatic carbocycles. The van der Waals surface area contributed by atoms with E-state index in [9.17, 15) is 4.79 Å². The lowest BCUT2D eigenvalue weighted by Crippen LogP contribution is -2.27. The maximum absolute atomic E-state index is 10.6. The van der Waals surface area contributed by atoms with Crippen LogP contribution in [0.1, 0.15) is 44.9 Å². The van der Waals surface area contributed by atoms with Gasteiger partial charge >= 0.3 is 6.03 Å². The predicted molar refractivity (Wildman–Crippen MR) is 59.5 cm³/mol. The largest absolute Gasteiger partial charge is 0.350 e. The van der Waals surface area contributed by atoms with Gasteiger partial charge in [0.25, 0.3) is 0 Å². The Morgan fingerprint density at radius 3 is 2.87 bits per heavy atom. The van der Waals surface area contributed by atoms with Crippen LogP contribution in [0.4, 0.5) is 4.79 Å². The first kappa shape index (κ1) is 10.5. The van der Waals surface area contributed by atoms with Gasteiger partial charge in [-0.3, -0.25) is 0 Å². The van der Waals surface area contributed by atoms with Crippen LogP contribution in [0.15, 0.2) is 5.10 Å². The third-order valence-corrected chi connectivity index (χ3v) is 3.67. The van der Waals surface area contributed by atoms with Crippen molar-refractivity contribution in [2.75, 3.05) is 0 Å². The van der Waals surface area contributed by atoms with Crippen LogP contribution in [0.2, 0.25) is 0 Å². The van der Waals surface area contributed by atoms with Gasteiger partial charge in [-0.15, -0.1) is 0 Å². The number of primary amides is 1. The van der Waals surface area contributed by atoms with Gasteiger partial charge in [0.15, 0.2) is 0 Å². The van der Waals surface area contributed by atoms with Gasteiger partial charge in [0, 0.05) is 11.6 Å². The normalized spacial score (nSPS) is 33.5. The highest BCUT2D eigenvalue weighted by Crippen LogP contribution is 2.39. The van der Waals surface area contributed by atoms with Crippen molar-refractivity contribution in [3.8, 4) is 0 Å². The van der Waals surface area contributed by atoms with E-state index in [-0.39, 0.29) is 0 Å². The first-order valence-corrected chi connectivity index (χ1v) is 5.89. The molecule has 15 heavy (non-hydrogen) atoms. The summed E-state index contributed by atoms with van der Waals surface area (Å²) in [4.78, 5) is 10.6. The number of carbonyl (C=O) groups is 1. The number of hydrazone groups is 1. The molecular formula is C11H19N3O. The minimum absolute atomic E-state index is 0.556. The van der Waals surface area contributed by atoms with Crippen LogP contribution in [0.5, 0.6) is 0 Å². The van der Waals surface area contributed by atoms with Crippen molar-refractivity contribution in [2.45, 2.75) is 44.9 Å². The zero-order valence-corrected chi connectivity index (χ0v) is 9.04. The Morgan fingerprint density at radius 1 is 1.27 bits per heavy atom. The number of fused-ring (bicyclic) bond motifs is 1. The van der Waals surface area contributed by atoms with E-state index in [1.807, 2.05) is 0 Å². The molecule has 4 nitrogen and oxygen atoms in total. The average molecular weight is 209 g/mol. The second-order valence-corrected chi connectivity index (χ2v) is 4.62. The number of hydrogen-bond acceptors (Lipinski definition) is 2. The number of nitrogens with zero attached hydrogens (tertiary/aromatic N) is 1. The van der Waals surface area contributed by atoms with Gasteiger partial charge in [0.2, 0.25) is 0 Å². The molecule has 0 spiro atoms. The van der Waals surface area contributed by atoms with Crippen LogP contribution in [0.3, 0.4) is 0 Å². The summed E-state index contributed by atoms with van der Waals surface area (Å²) in [6.45, 7) is 0. The van der Waals surface area contributed by atoms with Gasteiger partial charge in [0.05, 0.1) is 0 Å². The van der Waals surface area contributed by atoms with E-state index in [0.29, 0.717) is 5.92 Å². The molecule has 2 saturated carbocycles. The molecule has 0 saturated heterocycles. The van der Waals surface area contributed by atoms with E-state index in [1.54, 1.807) is 0 Å². The lowest BCUT2D eigenvalue weighted by atomic mass is 9.91. The lowest BCUT2D eigenvalue weighted by molar-refractivity contribution is 0.249. The maximum atomic E-state index is 10.6. The van der Waals surface area contributed by atoms with Crippen LogP contribution in [-0.2, 0) is 0 Å². The van der Waals surface area contributed by atoms with Gasteiger partial charge in [-0.25, -0.2) is 10.2 Å². The third kappa shape index (κ3) is 2.49. The van der Waals surface area contributed by atoms with Crippen molar-refractivity contribution in [3.05, 3.63) is 0 Å². The summed E-state index contributed by atoms with van der Waals surface area (Å²) < 4.78 is 0. The van der Waals surface area contributed by atoms with Gasteiger partial charge in [0.1, 0.15) is 0 Å². The van der Waals surface area contributed by atoms with E-state index in [1.165, 1.54) is 44.2 Å².